The van der Waals surface area contributed by atoms with E-state index in [4.69, 9.17) is 4.74 Å². The number of hydrogen-bond donors (Lipinski definition) is 1. The topological polar surface area (TPSA) is 58.6 Å². The maximum absolute atomic E-state index is 13.2. The highest BCUT2D eigenvalue weighted by atomic mass is 19.4. The maximum atomic E-state index is 13.2. The third kappa shape index (κ3) is 5.12. The Morgan fingerprint density at radius 1 is 1.19 bits per heavy atom. The Bertz CT molecular complexity index is 975. The number of alkyl halides is 3. The first kappa shape index (κ1) is 23.8. The lowest BCUT2D eigenvalue weighted by Gasteiger charge is -2.35. The number of halogens is 3. The van der Waals surface area contributed by atoms with E-state index < -0.39 is 23.2 Å². The summed E-state index contributed by atoms with van der Waals surface area (Å²) >= 11 is 0. The largest absolute Gasteiger partial charge is 0.465 e. The number of nitrogens with zero attached hydrogens (tertiary/aromatic N) is 1. The molecule has 2 atom stereocenters. The van der Waals surface area contributed by atoms with Gasteiger partial charge >= 0.3 is 12.1 Å². The van der Waals surface area contributed by atoms with Gasteiger partial charge < -0.3 is 10.1 Å². The molecule has 1 unspecified atom stereocenters. The van der Waals surface area contributed by atoms with Gasteiger partial charge in [0.15, 0.2) is 0 Å². The van der Waals surface area contributed by atoms with Crippen molar-refractivity contribution < 1.29 is 27.5 Å². The van der Waals surface area contributed by atoms with Crippen LogP contribution in [0.5, 0.6) is 0 Å². The molecule has 3 rings (SSSR count). The van der Waals surface area contributed by atoms with E-state index in [9.17, 15) is 22.8 Å². The first-order chi connectivity index (χ1) is 15.0. The van der Waals surface area contributed by atoms with Crippen LogP contribution in [0.3, 0.4) is 0 Å². The number of hydrogen-bond acceptors (Lipinski definition) is 4. The summed E-state index contributed by atoms with van der Waals surface area (Å²) in [5.41, 5.74) is 0.257. The van der Waals surface area contributed by atoms with E-state index in [0.29, 0.717) is 24.1 Å². The summed E-state index contributed by atoms with van der Waals surface area (Å²) in [6.45, 7) is 4.56. The molecule has 0 bridgehead atoms. The highest BCUT2D eigenvalue weighted by Gasteiger charge is 2.43. The minimum atomic E-state index is -4.40. The molecule has 32 heavy (non-hydrogen) atoms. The van der Waals surface area contributed by atoms with Crippen LogP contribution in [0.1, 0.15) is 59.8 Å². The monoisotopic (exact) mass is 448 g/mol. The number of ether oxygens (including phenoxy) is 1. The summed E-state index contributed by atoms with van der Waals surface area (Å²) in [6, 6.07) is 11.7. The van der Waals surface area contributed by atoms with Crippen LogP contribution >= 0.6 is 0 Å². The molecule has 1 aliphatic heterocycles. The Morgan fingerprint density at radius 2 is 1.88 bits per heavy atom. The third-order valence-electron chi connectivity index (χ3n) is 6.09. The molecule has 0 radical (unpaired) electrons. The summed E-state index contributed by atoms with van der Waals surface area (Å²) in [6.07, 6.45) is -3.00. The molecule has 1 heterocycles. The number of carbonyl (C=O) groups excluding carboxylic acids is 2. The molecule has 5 nitrogen and oxygen atoms in total. The van der Waals surface area contributed by atoms with Crippen molar-refractivity contribution in [3.63, 3.8) is 0 Å². The number of nitrogens with one attached hydrogen (secondary N) is 1. The van der Waals surface area contributed by atoms with E-state index in [0.717, 1.165) is 24.1 Å². The maximum Gasteiger partial charge on any atom is 0.416 e. The van der Waals surface area contributed by atoms with E-state index in [1.165, 1.54) is 13.2 Å². The van der Waals surface area contributed by atoms with Gasteiger partial charge in [-0.3, -0.25) is 9.69 Å². The van der Waals surface area contributed by atoms with Crippen LogP contribution in [0.25, 0.3) is 0 Å². The van der Waals surface area contributed by atoms with Gasteiger partial charge in [0.25, 0.3) is 0 Å². The minimum absolute atomic E-state index is 0.175. The Morgan fingerprint density at radius 3 is 2.50 bits per heavy atom. The first-order valence-corrected chi connectivity index (χ1v) is 10.4. The molecule has 1 aliphatic rings. The molecule has 172 valence electrons. The average molecular weight is 448 g/mol. The molecule has 1 N–H and O–H groups in total. The van der Waals surface area contributed by atoms with Crippen LogP contribution in [0.4, 0.5) is 13.2 Å². The van der Waals surface area contributed by atoms with Crippen molar-refractivity contribution in [3.8, 4) is 0 Å². The van der Waals surface area contributed by atoms with Crippen molar-refractivity contribution >= 4 is 11.9 Å². The number of carbonyl (C=O) groups is 2. The number of benzene rings is 2. The zero-order valence-electron chi connectivity index (χ0n) is 18.3. The summed E-state index contributed by atoms with van der Waals surface area (Å²) in [5.74, 6) is -0.608. The van der Waals surface area contributed by atoms with Gasteiger partial charge in [0.2, 0.25) is 5.91 Å². The lowest BCUT2D eigenvalue weighted by molar-refractivity contribution is -0.137. The molecular formula is C24H27F3N2O3. The number of rotatable bonds is 6. The summed E-state index contributed by atoms with van der Waals surface area (Å²) in [4.78, 5) is 26.7. The molecule has 8 heteroatoms. The molecule has 0 aromatic heterocycles. The molecule has 0 aliphatic carbocycles. The van der Waals surface area contributed by atoms with Crippen LogP contribution in [0, 0.1) is 0 Å². The Kier molecular flexibility index (Phi) is 6.93. The predicted molar refractivity (Wildman–Crippen MR) is 114 cm³/mol. The fraction of sp³-hybridized carbons (Fsp3) is 0.417. The highest BCUT2D eigenvalue weighted by Crippen LogP contribution is 2.34. The molecule has 0 spiro atoms. The van der Waals surface area contributed by atoms with Crippen LogP contribution < -0.4 is 5.32 Å². The Hall–Kier alpha value is -2.87. The van der Waals surface area contributed by atoms with Gasteiger partial charge in [-0.25, -0.2) is 4.79 Å². The van der Waals surface area contributed by atoms with Crippen molar-refractivity contribution in [2.24, 2.45) is 0 Å². The second kappa shape index (κ2) is 9.32. The van der Waals surface area contributed by atoms with Gasteiger partial charge in [-0.2, -0.15) is 13.2 Å². The van der Waals surface area contributed by atoms with Crippen LogP contribution in [0.15, 0.2) is 48.5 Å². The fourth-order valence-corrected chi connectivity index (χ4v) is 4.06. The molecule has 2 aromatic carbocycles. The van der Waals surface area contributed by atoms with Crippen molar-refractivity contribution in [2.45, 2.75) is 51.0 Å². The van der Waals surface area contributed by atoms with Gasteiger partial charge in [0, 0.05) is 6.54 Å². The van der Waals surface area contributed by atoms with E-state index in [1.807, 2.05) is 18.7 Å². The van der Waals surface area contributed by atoms with Gasteiger partial charge in [0.05, 0.1) is 29.8 Å². The van der Waals surface area contributed by atoms with E-state index in [-0.39, 0.29) is 18.5 Å². The van der Waals surface area contributed by atoms with Crippen molar-refractivity contribution in [1.29, 1.82) is 0 Å². The molecule has 1 amide bonds. The van der Waals surface area contributed by atoms with Crippen LogP contribution in [0.2, 0.25) is 0 Å². The number of methoxy groups -OCH3 is 1. The summed E-state index contributed by atoms with van der Waals surface area (Å²) < 4.78 is 43.8. The lowest BCUT2D eigenvalue weighted by Crippen LogP contribution is -2.53. The first-order valence-electron chi connectivity index (χ1n) is 10.4. The second-order valence-electron chi connectivity index (χ2n) is 8.31. The average Bonchev–Trinajstić information content (AvgIpc) is 3.14. The third-order valence-corrected chi connectivity index (χ3v) is 6.09. The van der Waals surface area contributed by atoms with Crippen molar-refractivity contribution in [2.75, 3.05) is 13.7 Å². The minimum Gasteiger partial charge on any atom is -0.465 e. The Labute approximate surface area is 185 Å². The van der Waals surface area contributed by atoms with Crippen molar-refractivity contribution in [1.82, 2.24) is 10.2 Å². The number of amides is 1. The van der Waals surface area contributed by atoms with E-state index in [1.54, 1.807) is 30.3 Å². The van der Waals surface area contributed by atoms with Crippen molar-refractivity contribution in [3.05, 3.63) is 70.8 Å². The normalized spacial score (nSPS) is 20.1. The number of esters is 1. The smallest absolute Gasteiger partial charge is 0.416 e. The quantitative estimate of drug-likeness (QED) is 0.650. The van der Waals surface area contributed by atoms with Gasteiger partial charge in [-0.05, 0) is 62.6 Å². The molecule has 0 saturated carbocycles. The molecular weight excluding hydrogens is 421 g/mol. The van der Waals surface area contributed by atoms with Gasteiger partial charge in [-0.1, -0.05) is 30.3 Å². The second-order valence-corrected chi connectivity index (χ2v) is 8.31. The summed E-state index contributed by atoms with van der Waals surface area (Å²) in [5, 5.41) is 3.02. The lowest BCUT2D eigenvalue weighted by atomic mass is 9.95. The number of likely N-dealkylation sites (tertiary alicyclic amines) is 1. The molecule has 2 aromatic rings. The summed E-state index contributed by atoms with van der Waals surface area (Å²) in [7, 11) is 1.31. The van der Waals surface area contributed by atoms with E-state index in [2.05, 4.69) is 5.32 Å². The zero-order valence-corrected chi connectivity index (χ0v) is 18.3. The van der Waals surface area contributed by atoms with Gasteiger partial charge in [0.1, 0.15) is 0 Å². The van der Waals surface area contributed by atoms with Crippen LogP contribution in [-0.2, 0) is 22.3 Å². The fourth-order valence-electron chi connectivity index (χ4n) is 4.06. The standard InChI is InChI=1S/C24H27F3N2O3/c1-16(18-8-10-19(11-9-18)21(30)32-3)28-22(31)23(2)12-5-13-29(23)15-17-6-4-7-20(14-17)24(25,26)27/h4,6-11,14,16H,5,12-13,15H2,1-3H3,(H,28,31)/t16-,23?/m0/s1. The SMILES string of the molecule is COC(=O)c1ccc([C@H](C)NC(=O)C2(C)CCCN2Cc2cccc(C(F)(F)F)c2)cc1. The predicted octanol–water partition coefficient (Wildman–Crippen LogP) is 4.72. The molecule has 1 saturated heterocycles. The molecule has 1 fully saturated rings. The highest BCUT2D eigenvalue weighted by molar-refractivity contribution is 5.89. The Balaban J connectivity index is 1.70. The van der Waals surface area contributed by atoms with Crippen LogP contribution in [-0.4, -0.2) is 36.0 Å². The van der Waals surface area contributed by atoms with E-state index >= 15 is 0 Å². The zero-order chi connectivity index (χ0) is 23.5. The van der Waals surface area contributed by atoms with Gasteiger partial charge in [-0.15, -0.1) is 0 Å².